The summed E-state index contributed by atoms with van der Waals surface area (Å²) in [6, 6.07) is -0.920. The zero-order valence-electron chi connectivity index (χ0n) is 19.5. The molecule has 2 unspecified atom stereocenters. The average molecular weight is 524 g/mol. The van der Waals surface area contributed by atoms with E-state index in [-0.39, 0.29) is 22.2 Å². The fraction of sp³-hybridized carbons (Fsp3) is 0.429. The number of aromatic nitrogens is 1. The van der Waals surface area contributed by atoms with Crippen LogP contribution in [-0.2, 0) is 33.5 Å². The number of rotatable bonds is 9. The van der Waals surface area contributed by atoms with Gasteiger partial charge in [-0.15, -0.1) is 23.1 Å². The predicted molar refractivity (Wildman–Crippen MR) is 129 cm³/mol. The Bertz CT molecular complexity index is 1110. The molecule has 12 nitrogen and oxygen atoms in total. The van der Waals surface area contributed by atoms with E-state index in [1.54, 1.807) is 11.5 Å². The number of hydrogen-bond donors (Lipinski definition) is 2. The second-order valence-electron chi connectivity index (χ2n) is 7.32. The first-order valence-corrected chi connectivity index (χ1v) is 12.5. The van der Waals surface area contributed by atoms with Gasteiger partial charge in [-0.25, -0.2) is 9.78 Å². The Labute approximate surface area is 209 Å². The Morgan fingerprint density at radius 3 is 2.74 bits per heavy atom. The number of fused-ring (bicyclic) bond motifs is 1. The van der Waals surface area contributed by atoms with Crippen molar-refractivity contribution in [3.8, 4) is 0 Å². The van der Waals surface area contributed by atoms with E-state index in [4.69, 9.17) is 20.0 Å². The maximum atomic E-state index is 13.1. The van der Waals surface area contributed by atoms with Crippen LogP contribution in [0.1, 0.15) is 32.9 Å². The van der Waals surface area contributed by atoms with Crippen LogP contribution in [0, 0.1) is 0 Å². The van der Waals surface area contributed by atoms with Gasteiger partial charge in [0.05, 0.1) is 0 Å². The molecule has 0 spiro atoms. The Kier molecular flexibility index (Phi) is 8.51. The van der Waals surface area contributed by atoms with E-state index in [0.717, 1.165) is 17.8 Å². The molecular formula is C21H25N5O7S2. The monoisotopic (exact) mass is 523 g/mol. The lowest BCUT2D eigenvalue weighted by molar-refractivity contribution is -0.182. The van der Waals surface area contributed by atoms with Gasteiger partial charge >= 0.3 is 11.9 Å². The maximum Gasteiger partial charge on any atom is 0.358 e. The van der Waals surface area contributed by atoms with Crippen molar-refractivity contribution in [3.63, 3.8) is 0 Å². The Hall–Kier alpha value is -3.39. The summed E-state index contributed by atoms with van der Waals surface area (Å²) in [4.78, 5) is 60.2. The number of esters is 2. The van der Waals surface area contributed by atoms with Gasteiger partial charge in [0.1, 0.15) is 29.9 Å². The van der Waals surface area contributed by atoms with Crippen molar-refractivity contribution in [2.75, 3.05) is 18.6 Å². The van der Waals surface area contributed by atoms with E-state index in [9.17, 15) is 19.2 Å². The number of nitrogen functional groups attached to an aromatic ring is 1. The van der Waals surface area contributed by atoms with Crippen LogP contribution in [0.4, 0.5) is 5.13 Å². The number of carbonyl (C=O) groups excluding carboxylic acids is 4. The second kappa shape index (κ2) is 11.4. The number of ether oxygens (including phenoxy) is 2. The smallest absolute Gasteiger partial charge is 0.358 e. The van der Waals surface area contributed by atoms with Crippen molar-refractivity contribution < 1.29 is 33.5 Å². The molecule has 1 saturated heterocycles. The molecule has 0 bridgehead atoms. The van der Waals surface area contributed by atoms with Gasteiger partial charge in [-0.3, -0.25) is 19.3 Å². The summed E-state index contributed by atoms with van der Waals surface area (Å²) in [7, 11) is 1.28. The van der Waals surface area contributed by atoms with Crippen LogP contribution in [0.15, 0.2) is 34.0 Å². The van der Waals surface area contributed by atoms with E-state index in [0.29, 0.717) is 11.3 Å². The lowest BCUT2D eigenvalue weighted by atomic mass is 10.0. The van der Waals surface area contributed by atoms with Crippen LogP contribution in [-0.4, -0.2) is 69.9 Å². The fourth-order valence-electron chi connectivity index (χ4n) is 3.39. The molecule has 3 N–H and O–H groups in total. The topological polar surface area (TPSA) is 163 Å². The second-order valence-corrected chi connectivity index (χ2v) is 9.32. The molecule has 1 fully saturated rings. The minimum absolute atomic E-state index is 0.0472. The molecule has 2 amide bonds. The molecule has 0 saturated carbocycles. The summed E-state index contributed by atoms with van der Waals surface area (Å²) in [6.45, 7) is 4.53. The van der Waals surface area contributed by atoms with Gasteiger partial charge in [0.2, 0.25) is 6.29 Å². The van der Waals surface area contributed by atoms with Crippen LogP contribution < -0.4 is 11.1 Å². The summed E-state index contributed by atoms with van der Waals surface area (Å²) >= 11 is 2.51. The molecule has 2 aliphatic heterocycles. The zero-order chi connectivity index (χ0) is 25.7. The third-order valence-corrected chi connectivity index (χ3v) is 6.78. The van der Waals surface area contributed by atoms with Crippen molar-refractivity contribution >= 4 is 57.7 Å². The molecule has 1 aromatic rings. The van der Waals surface area contributed by atoms with Gasteiger partial charge in [0, 0.05) is 25.0 Å². The van der Waals surface area contributed by atoms with E-state index >= 15 is 0 Å². The SMILES string of the molecule is CC/C=C\C1=C(C(=O)OC(C)OC(C)=O)N2C(=O)C(NC(=O)/C(=N/OC)c3csc(N)n3)[C@H]2SC1. The van der Waals surface area contributed by atoms with E-state index in [1.807, 2.05) is 13.0 Å². The molecule has 14 heteroatoms. The fourth-order valence-corrected chi connectivity index (χ4v) is 5.25. The third-order valence-electron chi connectivity index (χ3n) is 4.80. The molecule has 35 heavy (non-hydrogen) atoms. The van der Waals surface area contributed by atoms with E-state index < -0.39 is 41.5 Å². The summed E-state index contributed by atoms with van der Waals surface area (Å²) in [5.74, 6) is -2.20. The summed E-state index contributed by atoms with van der Waals surface area (Å²) in [5, 5.41) is 7.60. The average Bonchev–Trinajstić information content (AvgIpc) is 3.23. The number of thioether (sulfide) groups is 1. The van der Waals surface area contributed by atoms with Crippen molar-refractivity contribution in [1.82, 2.24) is 15.2 Å². The first-order chi connectivity index (χ1) is 16.7. The van der Waals surface area contributed by atoms with E-state index in [2.05, 4.69) is 15.5 Å². The van der Waals surface area contributed by atoms with Crippen LogP contribution in [0.25, 0.3) is 0 Å². The van der Waals surface area contributed by atoms with Crippen molar-refractivity contribution in [2.45, 2.75) is 44.9 Å². The molecule has 0 aromatic carbocycles. The van der Waals surface area contributed by atoms with Crippen molar-refractivity contribution in [2.24, 2.45) is 5.16 Å². The molecule has 1 aromatic heterocycles. The highest BCUT2D eigenvalue weighted by atomic mass is 32.2. The highest BCUT2D eigenvalue weighted by molar-refractivity contribution is 8.00. The van der Waals surface area contributed by atoms with Crippen LogP contribution >= 0.6 is 23.1 Å². The Morgan fingerprint density at radius 1 is 1.40 bits per heavy atom. The molecular weight excluding hydrogens is 498 g/mol. The molecule has 188 valence electrons. The predicted octanol–water partition coefficient (Wildman–Crippen LogP) is 1.15. The van der Waals surface area contributed by atoms with Gasteiger partial charge < -0.3 is 25.4 Å². The number of hydrogen-bond acceptors (Lipinski definition) is 12. The first kappa shape index (κ1) is 26.2. The van der Waals surface area contributed by atoms with Crippen LogP contribution in [0.2, 0.25) is 0 Å². The molecule has 0 aliphatic carbocycles. The Balaban J connectivity index is 1.81. The number of oxime groups is 1. The number of allylic oxidation sites excluding steroid dienone is 2. The lowest BCUT2D eigenvalue weighted by Gasteiger charge is -2.49. The third kappa shape index (κ3) is 5.82. The number of nitrogens with two attached hydrogens (primary N) is 1. The molecule has 3 atom stereocenters. The summed E-state index contributed by atoms with van der Waals surface area (Å²) < 4.78 is 10.1. The van der Waals surface area contributed by atoms with Crippen LogP contribution in [0.3, 0.4) is 0 Å². The minimum atomic E-state index is -1.14. The van der Waals surface area contributed by atoms with Crippen molar-refractivity contribution in [3.05, 3.63) is 34.5 Å². The van der Waals surface area contributed by atoms with Gasteiger partial charge in [-0.2, -0.15) is 0 Å². The van der Waals surface area contributed by atoms with Gasteiger partial charge in [0.15, 0.2) is 10.8 Å². The number of amides is 2. The summed E-state index contributed by atoms with van der Waals surface area (Å²) in [5.41, 5.74) is 6.36. The normalized spacial score (nSPS) is 20.7. The first-order valence-electron chi connectivity index (χ1n) is 10.5. The lowest BCUT2D eigenvalue weighted by Crippen LogP contribution is -2.71. The number of β-lactam (4-membered cyclic amide) rings is 1. The van der Waals surface area contributed by atoms with Gasteiger partial charge in [-0.1, -0.05) is 24.2 Å². The molecule has 0 radical (unpaired) electrons. The zero-order valence-corrected chi connectivity index (χ0v) is 21.1. The standard InChI is InChI=1S/C21H25N5O7S2/c1-5-6-7-12-8-34-19-15(24-17(28)14(25-31-4)13-9-35-21(22)23-13)18(29)26(19)16(12)20(30)33-11(3)32-10(2)27/h6-7,9,11,15,19H,5,8H2,1-4H3,(H2,22,23)(H,24,28)/b7-6-,25-14+/t11?,15?,19-/m1/s1. The van der Waals surface area contributed by atoms with Gasteiger partial charge in [-0.05, 0) is 12.0 Å². The molecule has 3 rings (SSSR count). The number of thiazole rings is 1. The maximum absolute atomic E-state index is 13.1. The molecule has 3 heterocycles. The van der Waals surface area contributed by atoms with Crippen LogP contribution in [0.5, 0.6) is 0 Å². The molecule has 2 aliphatic rings. The highest BCUT2D eigenvalue weighted by Crippen LogP contribution is 2.41. The minimum Gasteiger partial charge on any atom is -0.426 e. The number of nitrogens with one attached hydrogen (secondary N) is 1. The summed E-state index contributed by atoms with van der Waals surface area (Å²) in [6.07, 6.45) is 3.20. The number of carbonyl (C=O) groups is 4. The van der Waals surface area contributed by atoms with Gasteiger partial charge in [0.25, 0.3) is 11.8 Å². The van der Waals surface area contributed by atoms with Crippen molar-refractivity contribution in [1.29, 1.82) is 0 Å². The highest BCUT2D eigenvalue weighted by Gasteiger charge is 2.54. The Morgan fingerprint density at radius 2 is 2.14 bits per heavy atom. The quantitative estimate of drug-likeness (QED) is 0.158. The number of nitrogens with zero attached hydrogens (tertiary/aromatic N) is 3. The van der Waals surface area contributed by atoms with E-state index in [1.165, 1.54) is 37.6 Å². The largest absolute Gasteiger partial charge is 0.426 e. The number of anilines is 1.